The lowest BCUT2D eigenvalue weighted by atomic mass is 10.0. The molecule has 0 aromatic rings. The molecule has 0 aromatic heterocycles. The fraction of sp³-hybridized carbons (Fsp3) is 1.00. The van der Waals surface area contributed by atoms with Crippen LogP contribution in [-0.4, -0.2) is 69.6 Å². The van der Waals surface area contributed by atoms with Crippen molar-refractivity contribution in [2.75, 3.05) is 19.7 Å². The molecule has 0 saturated heterocycles. The van der Waals surface area contributed by atoms with Crippen molar-refractivity contribution in [1.29, 1.82) is 0 Å². The molecule has 0 unspecified atom stereocenters. The van der Waals surface area contributed by atoms with E-state index in [2.05, 4.69) is 5.32 Å². The van der Waals surface area contributed by atoms with Crippen molar-refractivity contribution >= 4 is 0 Å². The Morgan fingerprint density at radius 3 is 1.93 bits per heavy atom. The summed E-state index contributed by atoms with van der Waals surface area (Å²) in [6, 6.07) is 0. The maximum absolute atomic E-state index is 9.30. The van der Waals surface area contributed by atoms with Crippen LogP contribution in [0, 0.1) is 0 Å². The third kappa shape index (κ3) is 4.32. The molecule has 6 heteroatoms. The Morgan fingerprint density at radius 1 is 1.00 bits per heavy atom. The molecule has 14 heavy (non-hydrogen) atoms. The monoisotopic (exact) mass is 209 g/mol. The van der Waals surface area contributed by atoms with Crippen molar-refractivity contribution < 1.29 is 25.5 Å². The number of hydrogen-bond acceptors (Lipinski definition) is 6. The first kappa shape index (κ1) is 13.8. The number of likely N-dealkylation sites (N-methyl/N-ethyl adjacent to an activating group) is 1. The number of rotatable bonds is 7. The average molecular weight is 209 g/mol. The molecule has 0 amide bonds. The fourth-order valence-electron chi connectivity index (χ4n) is 0.976. The van der Waals surface area contributed by atoms with E-state index in [1.165, 1.54) is 0 Å². The topological polar surface area (TPSA) is 113 Å². The van der Waals surface area contributed by atoms with E-state index in [1.54, 1.807) is 0 Å². The number of aliphatic hydroxyl groups is 5. The van der Waals surface area contributed by atoms with Gasteiger partial charge in [0.15, 0.2) is 0 Å². The summed E-state index contributed by atoms with van der Waals surface area (Å²) in [5.41, 5.74) is 0. The lowest BCUT2D eigenvalue weighted by Gasteiger charge is -2.25. The molecule has 0 aromatic carbocycles. The highest BCUT2D eigenvalue weighted by molar-refractivity contribution is 4.81. The van der Waals surface area contributed by atoms with Crippen LogP contribution >= 0.6 is 0 Å². The Kier molecular flexibility index (Phi) is 6.98. The highest BCUT2D eigenvalue weighted by Gasteiger charge is 2.29. The van der Waals surface area contributed by atoms with Crippen LogP contribution in [0.5, 0.6) is 0 Å². The standard InChI is InChI=1S/C8H19NO5/c1-2-9-3-5(11)7(13)8(14)6(12)4-10/h5-14H,2-4H2,1H3/t5-,6+,7+,8-/m1/s1. The predicted octanol–water partition coefficient (Wildman–Crippen LogP) is -2.97. The highest BCUT2D eigenvalue weighted by Crippen LogP contribution is 2.04. The molecular weight excluding hydrogens is 190 g/mol. The van der Waals surface area contributed by atoms with E-state index in [1.807, 2.05) is 6.92 Å². The Bertz CT molecular complexity index is 146. The molecule has 0 rings (SSSR count). The van der Waals surface area contributed by atoms with Crippen LogP contribution in [0.4, 0.5) is 0 Å². The highest BCUT2D eigenvalue weighted by atomic mass is 16.4. The molecule has 0 fully saturated rings. The van der Waals surface area contributed by atoms with Gasteiger partial charge >= 0.3 is 0 Å². The summed E-state index contributed by atoms with van der Waals surface area (Å²) in [5, 5.41) is 48.1. The fourth-order valence-corrected chi connectivity index (χ4v) is 0.976. The van der Waals surface area contributed by atoms with Gasteiger partial charge in [-0.25, -0.2) is 0 Å². The second kappa shape index (κ2) is 7.10. The van der Waals surface area contributed by atoms with Crippen molar-refractivity contribution in [3.8, 4) is 0 Å². The summed E-state index contributed by atoms with van der Waals surface area (Å²) < 4.78 is 0. The number of aliphatic hydroxyl groups excluding tert-OH is 5. The van der Waals surface area contributed by atoms with Crippen LogP contribution in [0.3, 0.4) is 0 Å². The third-order valence-electron chi connectivity index (χ3n) is 1.93. The van der Waals surface area contributed by atoms with Gasteiger partial charge in [0.05, 0.1) is 12.7 Å². The number of hydrogen-bond donors (Lipinski definition) is 6. The summed E-state index contributed by atoms with van der Waals surface area (Å²) in [7, 11) is 0. The van der Waals surface area contributed by atoms with Gasteiger partial charge in [-0.3, -0.25) is 0 Å². The minimum atomic E-state index is -1.55. The second-order valence-electron chi connectivity index (χ2n) is 3.11. The first-order valence-corrected chi connectivity index (χ1v) is 4.58. The zero-order valence-corrected chi connectivity index (χ0v) is 8.17. The lowest BCUT2D eigenvalue weighted by molar-refractivity contribution is -0.113. The SMILES string of the molecule is CCNC[C@@H](O)[C@H](O)[C@H](O)[C@@H](O)CO. The summed E-state index contributed by atoms with van der Waals surface area (Å²) in [5.74, 6) is 0. The van der Waals surface area contributed by atoms with Gasteiger partial charge in [-0.15, -0.1) is 0 Å². The molecule has 6 nitrogen and oxygen atoms in total. The van der Waals surface area contributed by atoms with Gasteiger partial charge in [0.2, 0.25) is 0 Å². The molecule has 86 valence electrons. The molecule has 0 aliphatic carbocycles. The van der Waals surface area contributed by atoms with Crippen molar-refractivity contribution in [2.24, 2.45) is 0 Å². The van der Waals surface area contributed by atoms with Gasteiger partial charge in [-0.05, 0) is 6.54 Å². The average Bonchev–Trinajstić information content (AvgIpc) is 2.22. The van der Waals surface area contributed by atoms with E-state index < -0.39 is 31.0 Å². The van der Waals surface area contributed by atoms with E-state index in [9.17, 15) is 15.3 Å². The zero-order valence-electron chi connectivity index (χ0n) is 8.17. The van der Waals surface area contributed by atoms with Gasteiger partial charge in [0.1, 0.15) is 18.3 Å². The quantitative estimate of drug-likeness (QED) is 0.267. The van der Waals surface area contributed by atoms with Crippen molar-refractivity contribution in [3.05, 3.63) is 0 Å². The van der Waals surface area contributed by atoms with E-state index >= 15 is 0 Å². The minimum absolute atomic E-state index is 0.118. The smallest absolute Gasteiger partial charge is 0.111 e. The summed E-state index contributed by atoms with van der Waals surface area (Å²) in [6.07, 6.45) is -5.64. The molecule has 0 spiro atoms. The van der Waals surface area contributed by atoms with Crippen molar-refractivity contribution in [2.45, 2.75) is 31.3 Å². The van der Waals surface area contributed by atoms with Crippen LogP contribution in [0.1, 0.15) is 6.92 Å². The molecule has 0 heterocycles. The first-order valence-electron chi connectivity index (χ1n) is 4.58. The van der Waals surface area contributed by atoms with Crippen molar-refractivity contribution in [3.63, 3.8) is 0 Å². The molecule has 0 bridgehead atoms. The first-order chi connectivity index (χ1) is 6.54. The molecule has 0 aliphatic rings. The van der Waals surface area contributed by atoms with E-state index in [0.717, 1.165) is 0 Å². The third-order valence-corrected chi connectivity index (χ3v) is 1.93. The Balaban J connectivity index is 3.95. The van der Waals surface area contributed by atoms with Crippen LogP contribution in [-0.2, 0) is 0 Å². The molecule has 4 atom stereocenters. The molecule has 0 aliphatic heterocycles. The normalized spacial score (nSPS) is 20.1. The Morgan fingerprint density at radius 2 is 1.50 bits per heavy atom. The van der Waals surface area contributed by atoms with Crippen LogP contribution in [0.2, 0.25) is 0 Å². The second-order valence-corrected chi connectivity index (χ2v) is 3.11. The Labute approximate surface area is 82.8 Å². The maximum Gasteiger partial charge on any atom is 0.111 e. The van der Waals surface area contributed by atoms with E-state index in [4.69, 9.17) is 10.2 Å². The summed E-state index contributed by atoms with van der Waals surface area (Å²) >= 11 is 0. The molecule has 0 radical (unpaired) electrons. The predicted molar refractivity (Wildman–Crippen MR) is 49.7 cm³/mol. The molecule has 0 saturated carbocycles. The van der Waals surface area contributed by atoms with Crippen LogP contribution < -0.4 is 5.32 Å². The van der Waals surface area contributed by atoms with Gasteiger partial charge in [0.25, 0.3) is 0 Å². The van der Waals surface area contributed by atoms with E-state index in [0.29, 0.717) is 6.54 Å². The van der Waals surface area contributed by atoms with Crippen LogP contribution in [0.15, 0.2) is 0 Å². The van der Waals surface area contributed by atoms with Crippen molar-refractivity contribution in [1.82, 2.24) is 5.32 Å². The molecular formula is C8H19NO5. The molecule has 6 N–H and O–H groups in total. The Hall–Kier alpha value is -0.240. The van der Waals surface area contributed by atoms with Crippen LogP contribution in [0.25, 0.3) is 0 Å². The van der Waals surface area contributed by atoms with Gasteiger partial charge < -0.3 is 30.8 Å². The number of nitrogens with one attached hydrogen (secondary N) is 1. The van der Waals surface area contributed by atoms with Gasteiger partial charge in [-0.1, -0.05) is 6.92 Å². The van der Waals surface area contributed by atoms with Gasteiger partial charge in [-0.2, -0.15) is 0 Å². The largest absolute Gasteiger partial charge is 0.394 e. The van der Waals surface area contributed by atoms with Gasteiger partial charge in [0, 0.05) is 6.54 Å². The zero-order chi connectivity index (χ0) is 11.1. The summed E-state index contributed by atoms with van der Waals surface area (Å²) in [6.45, 7) is 1.92. The maximum atomic E-state index is 9.30. The lowest BCUT2D eigenvalue weighted by Crippen LogP contribution is -2.49. The summed E-state index contributed by atoms with van der Waals surface area (Å²) in [4.78, 5) is 0. The minimum Gasteiger partial charge on any atom is -0.394 e. The van der Waals surface area contributed by atoms with E-state index in [-0.39, 0.29) is 6.54 Å².